The third-order valence-electron chi connectivity index (χ3n) is 2.38. The molecule has 9 heteroatoms. The molecule has 0 radical (unpaired) electrons. The van der Waals surface area contributed by atoms with Crippen molar-refractivity contribution in [2.45, 2.75) is 24.8 Å². The van der Waals surface area contributed by atoms with Crippen molar-refractivity contribution >= 4 is 28.1 Å². The number of halogens is 1. The zero-order chi connectivity index (χ0) is 13.9. The molecule has 1 atom stereocenters. The van der Waals surface area contributed by atoms with Gasteiger partial charge in [0.15, 0.2) is 0 Å². The molecule has 0 aliphatic carbocycles. The predicted molar refractivity (Wildman–Crippen MR) is 73.9 cm³/mol. The van der Waals surface area contributed by atoms with Crippen molar-refractivity contribution in [3.63, 3.8) is 0 Å². The van der Waals surface area contributed by atoms with Gasteiger partial charge < -0.3 is 5.73 Å². The van der Waals surface area contributed by atoms with Crippen LogP contribution in [0.3, 0.4) is 0 Å². The van der Waals surface area contributed by atoms with Gasteiger partial charge in [-0.15, -0.1) is 12.4 Å². The second kappa shape index (κ2) is 6.80. The third kappa shape index (κ3) is 4.43. The van der Waals surface area contributed by atoms with Gasteiger partial charge in [-0.25, -0.2) is 13.1 Å². The Morgan fingerprint density at radius 2 is 2.05 bits per heavy atom. The number of aryl methyl sites for hydroxylation is 1. The van der Waals surface area contributed by atoms with Crippen molar-refractivity contribution in [3.05, 3.63) is 33.9 Å². The zero-order valence-corrected chi connectivity index (χ0v) is 12.1. The van der Waals surface area contributed by atoms with Gasteiger partial charge in [0.1, 0.15) is 0 Å². The van der Waals surface area contributed by atoms with Gasteiger partial charge in [-0.3, -0.25) is 10.1 Å². The molecule has 0 amide bonds. The Morgan fingerprint density at radius 3 is 2.53 bits per heavy atom. The molecule has 1 rings (SSSR count). The SMILES string of the molecule is Cc1ccc([N+](=O)[O-])cc1S(=O)(=O)N[C@@H](C)CN.Cl. The summed E-state index contributed by atoms with van der Waals surface area (Å²) in [6.45, 7) is 3.34. The molecule has 0 aliphatic heterocycles. The smallest absolute Gasteiger partial charge is 0.270 e. The number of rotatable bonds is 5. The van der Waals surface area contributed by atoms with E-state index in [4.69, 9.17) is 5.73 Å². The van der Waals surface area contributed by atoms with E-state index < -0.39 is 21.0 Å². The van der Waals surface area contributed by atoms with Crippen molar-refractivity contribution in [2.24, 2.45) is 5.73 Å². The fourth-order valence-electron chi connectivity index (χ4n) is 1.37. The Morgan fingerprint density at radius 1 is 1.47 bits per heavy atom. The monoisotopic (exact) mass is 309 g/mol. The number of hydrogen-bond acceptors (Lipinski definition) is 5. The Bertz CT molecular complexity index is 562. The summed E-state index contributed by atoms with van der Waals surface area (Å²) >= 11 is 0. The first-order chi connectivity index (χ1) is 8.27. The van der Waals surface area contributed by atoms with Crippen LogP contribution in [0.5, 0.6) is 0 Å². The highest BCUT2D eigenvalue weighted by Gasteiger charge is 2.21. The van der Waals surface area contributed by atoms with Crippen molar-refractivity contribution in [3.8, 4) is 0 Å². The van der Waals surface area contributed by atoms with Gasteiger partial charge in [-0.2, -0.15) is 0 Å². The second-order valence-electron chi connectivity index (χ2n) is 3.96. The van der Waals surface area contributed by atoms with Crippen LogP contribution in [0.15, 0.2) is 23.1 Å². The van der Waals surface area contributed by atoms with Crippen LogP contribution in [0.2, 0.25) is 0 Å². The Labute approximate surface area is 117 Å². The van der Waals surface area contributed by atoms with Crippen molar-refractivity contribution < 1.29 is 13.3 Å². The van der Waals surface area contributed by atoms with Crippen molar-refractivity contribution in [2.75, 3.05) is 6.54 Å². The molecule has 0 aliphatic rings. The fraction of sp³-hybridized carbons (Fsp3) is 0.400. The summed E-state index contributed by atoms with van der Waals surface area (Å²) in [6.07, 6.45) is 0. The van der Waals surface area contributed by atoms with Crippen LogP contribution in [-0.2, 0) is 10.0 Å². The Balaban J connectivity index is 0.00000324. The Hall–Kier alpha value is -1.22. The Kier molecular flexibility index (Phi) is 6.37. The number of sulfonamides is 1. The molecule has 3 N–H and O–H groups in total. The minimum absolute atomic E-state index is 0. The molecule has 1 aromatic rings. The number of benzene rings is 1. The summed E-state index contributed by atoms with van der Waals surface area (Å²) < 4.78 is 26.4. The highest BCUT2D eigenvalue weighted by atomic mass is 35.5. The molecule has 0 saturated carbocycles. The molecule has 0 bridgehead atoms. The number of nitrogens with one attached hydrogen (secondary N) is 1. The van der Waals surface area contributed by atoms with Crippen LogP contribution < -0.4 is 10.5 Å². The van der Waals surface area contributed by atoms with E-state index in [1.165, 1.54) is 12.1 Å². The second-order valence-corrected chi connectivity index (χ2v) is 5.65. The van der Waals surface area contributed by atoms with E-state index in [-0.39, 0.29) is 29.5 Å². The molecule has 108 valence electrons. The van der Waals surface area contributed by atoms with Crippen LogP contribution in [0.4, 0.5) is 5.69 Å². The maximum Gasteiger partial charge on any atom is 0.270 e. The molecule has 0 heterocycles. The van der Waals surface area contributed by atoms with E-state index in [9.17, 15) is 18.5 Å². The van der Waals surface area contributed by atoms with Crippen LogP contribution in [0, 0.1) is 17.0 Å². The molecule has 0 aromatic heterocycles. The molecule has 0 spiro atoms. The summed E-state index contributed by atoms with van der Waals surface area (Å²) in [5, 5.41) is 10.6. The lowest BCUT2D eigenvalue weighted by atomic mass is 10.2. The van der Waals surface area contributed by atoms with Gasteiger partial charge >= 0.3 is 0 Å². The lowest BCUT2D eigenvalue weighted by Crippen LogP contribution is -2.38. The fourth-order valence-corrected chi connectivity index (χ4v) is 2.89. The van der Waals surface area contributed by atoms with Gasteiger partial charge in [-0.05, 0) is 19.4 Å². The van der Waals surface area contributed by atoms with Gasteiger partial charge in [0.05, 0.1) is 9.82 Å². The van der Waals surface area contributed by atoms with E-state index in [1.54, 1.807) is 13.8 Å². The lowest BCUT2D eigenvalue weighted by Gasteiger charge is -2.13. The maximum atomic E-state index is 12.0. The first kappa shape index (κ1) is 17.8. The molecule has 7 nitrogen and oxygen atoms in total. The van der Waals surface area contributed by atoms with E-state index >= 15 is 0 Å². The summed E-state index contributed by atoms with van der Waals surface area (Å²) in [6, 6.07) is 3.27. The highest BCUT2D eigenvalue weighted by Crippen LogP contribution is 2.21. The van der Waals surface area contributed by atoms with Gasteiger partial charge in [0, 0.05) is 24.7 Å². The van der Waals surface area contributed by atoms with Crippen LogP contribution in [0.25, 0.3) is 0 Å². The van der Waals surface area contributed by atoms with Crippen LogP contribution in [0.1, 0.15) is 12.5 Å². The summed E-state index contributed by atoms with van der Waals surface area (Å²) in [7, 11) is -3.79. The van der Waals surface area contributed by atoms with Gasteiger partial charge in [0.25, 0.3) is 5.69 Å². The molecule has 0 saturated heterocycles. The van der Waals surface area contributed by atoms with Gasteiger partial charge in [-0.1, -0.05) is 6.07 Å². The number of nitro groups is 1. The number of hydrogen-bond donors (Lipinski definition) is 2. The van der Waals surface area contributed by atoms with E-state index in [0.29, 0.717) is 5.56 Å². The summed E-state index contributed by atoms with van der Waals surface area (Å²) in [5.41, 5.74) is 5.52. The first-order valence-corrected chi connectivity index (χ1v) is 6.73. The lowest BCUT2D eigenvalue weighted by molar-refractivity contribution is -0.385. The minimum atomic E-state index is -3.79. The topological polar surface area (TPSA) is 115 Å². The summed E-state index contributed by atoms with van der Waals surface area (Å²) in [4.78, 5) is 9.91. The zero-order valence-electron chi connectivity index (χ0n) is 10.5. The third-order valence-corrected chi connectivity index (χ3v) is 4.11. The van der Waals surface area contributed by atoms with E-state index in [2.05, 4.69) is 4.72 Å². The average Bonchev–Trinajstić information content (AvgIpc) is 2.28. The number of nitrogens with zero attached hydrogens (tertiary/aromatic N) is 1. The van der Waals surface area contributed by atoms with E-state index in [1.807, 2.05) is 0 Å². The van der Waals surface area contributed by atoms with Crippen LogP contribution >= 0.6 is 12.4 Å². The average molecular weight is 310 g/mol. The number of nitro benzene ring substituents is 1. The molecule has 19 heavy (non-hydrogen) atoms. The van der Waals surface area contributed by atoms with E-state index in [0.717, 1.165) is 6.07 Å². The molecule has 1 aromatic carbocycles. The predicted octanol–water partition coefficient (Wildman–Crippen LogP) is 0.951. The standard InChI is InChI=1S/C10H15N3O4S.ClH/c1-7-3-4-9(13(14)15)5-10(7)18(16,17)12-8(2)6-11;/h3-5,8,12H,6,11H2,1-2H3;1H/t8-;/m0./s1. The maximum absolute atomic E-state index is 12.0. The summed E-state index contributed by atoms with van der Waals surface area (Å²) in [5.74, 6) is 0. The quantitative estimate of drug-likeness (QED) is 0.620. The molecule has 0 fully saturated rings. The normalized spacial score (nSPS) is 12.6. The molecular formula is C10H16ClN3O4S. The van der Waals surface area contributed by atoms with Crippen LogP contribution in [-0.4, -0.2) is 25.9 Å². The van der Waals surface area contributed by atoms with Crippen molar-refractivity contribution in [1.29, 1.82) is 0 Å². The van der Waals surface area contributed by atoms with Crippen molar-refractivity contribution in [1.82, 2.24) is 4.72 Å². The first-order valence-electron chi connectivity index (χ1n) is 5.25. The number of non-ortho nitro benzene ring substituents is 1. The molecular weight excluding hydrogens is 294 g/mol. The highest BCUT2D eigenvalue weighted by molar-refractivity contribution is 7.89. The number of nitrogens with two attached hydrogens (primary N) is 1. The largest absolute Gasteiger partial charge is 0.329 e. The molecule has 0 unspecified atom stereocenters. The minimum Gasteiger partial charge on any atom is -0.329 e. The van der Waals surface area contributed by atoms with Gasteiger partial charge in [0.2, 0.25) is 10.0 Å².